The number of benzene rings is 1. The molecular weight excluding hydrogens is 332 g/mol. The number of carbonyl (C=O) groups is 2. The zero-order valence-electron chi connectivity index (χ0n) is 14.0. The number of nitrogens with zero attached hydrogens (tertiary/aromatic N) is 1. The molecule has 0 aliphatic carbocycles. The summed E-state index contributed by atoms with van der Waals surface area (Å²) in [5.41, 5.74) is 0.525. The number of hydrogen-bond acceptors (Lipinski definition) is 4. The molecule has 0 unspecified atom stereocenters. The first-order valence-corrected chi connectivity index (χ1v) is 9.28. The Morgan fingerprint density at radius 2 is 2.00 bits per heavy atom. The number of rotatable bonds is 5. The van der Waals surface area contributed by atoms with Crippen LogP contribution in [-0.2, 0) is 14.8 Å². The Balaban J connectivity index is 2.15. The molecule has 1 aromatic carbocycles. The van der Waals surface area contributed by atoms with Crippen molar-refractivity contribution < 1.29 is 23.1 Å². The topological polar surface area (TPSA) is 104 Å². The van der Waals surface area contributed by atoms with Gasteiger partial charge in [0, 0.05) is 18.7 Å². The monoisotopic (exact) mass is 354 g/mol. The van der Waals surface area contributed by atoms with Gasteiger partial charge in [0.1, 0.15) is 0 Å². The predicted molar refractivity (Wildman–Crippen MR) is 90.7 cm³/mol. The lowest BCUT2D eigenvalue weighted by atomic mass is 9.93. The Hall–Kier alpha value is -2.09. The maximum atomic E-state index is 12.3. The van der Waals surface area contributed by atoms with Gasteiger partial charge in [-0.2, -0.15) is 0 Å². The van der Waals surface area contributed by atoms with Gasteiger partial charge in [0.05, 0.1) is 16.9 Å². The molecule has 0 spiro atoms. The number of carboxylic acids is 1. The molecule has 1 aromatic rings. The van der Waals surface area contributed by atoms with Gasteiger partial charge in [0.15, 0.2) is 0 Å². The molecular formula is C16H22N2O5S. The van der Waals surface area contributed by atoms with E-state index in [1.54, 1.807) is 25.1 Å². The second-order valence-electron chi connectivity index (χ2n) is 6.61. The third-order valence-electron chi connectivity index (χ3n) is 4.11. The molecule has 132 valence electrons. The maximum Gasteiger partial charge on any atom is 0.310 e. The lowest BCUT2D eigenvalue weighted by molar-refractivity contribution is -0.146. The first kappa shape index (κ1) is 18.3. The standard InChI is InChI=1S/C16H22N2O5S/c1-11-9-12(18-7-4-8-24(18,22)23)5-6-13(11)14(19)17-10-16(2,3)15(20)21/h5-6,9H,4,7-8,10H2,1-3H3,(H,17,19)(H,20,21). The van der Waals surface area contributed by atoms with E-state index in [1.807, 2.05) is 0 Å². The molecule has 0 saturated carbocycles. The van der Waals surface area contributed by atoms with E-state index in [4.69, 9.17) is 5.11 Å². The molecule has 0 aromatic heterocycles. The number of amides is 1. The molecule has 2 rings (SSSR count). The maximum absolute atomic E-state index is 12.3. The quantitative estimate of drug-likeness (QED) is 0.831. The van der Waals surface area contributed by atoms with Crippen LogP contribution in [-0.4, -0.2) is 44.2 Å². The van der Waals surface area contributed by atoms with Crippen molar-refractivity contribution in [3.8, 4) is 0 Å². The molecule has 1 saturated heterocycles. The molecule has 0 atom stereocenters. The van der Waals surface area contributed by atoms with Crippen LogP contribution in [0.25, 0.3) is 0 Å². The molecule has 1 fully saturated rings. The van der Waals surface area contributed by atoms with Gasteiger partial charge in [-0.3, -0.25) is 13.9 Å². The van der Waals surface area contributed by atoms with Gasteiger partial charge >= 0.3 is 5.97 Å². The van der Waals surface area contributed by atoms with Gasteiger partial charge in [-0.15, -0.1) is 0 Å². The number of hydrogen-bond donors (Lipinski definition) is 2. The molecule has 0 radical (unpaired) electrons. The van der Waals surface area contributed by atoms with Crippen molar-refractivity contribution in [3.05, 3.63) is 29.3 Å². The largest absolute Gasteiger partial charge is 0.481 e. The average Bonchev–Trinajstić information content (AvgIpc) is 2.84. The third kappa shape index (κ3) is 3.69. The van der Waals surface area contributed by atoms with Crippen molar-refractivity contribution in [1.29, 1.82) is 0 Å². The van der Waals surface area contributed by atoms with Crippen LogP contribution in [0.5, 0.6) is 0 Å². The van der Waals surface area contributed by atoms with Crippen molar-refractivity contribution in [2.75, 3.05) is 23.1 Å². The van der Waals surface area contributed by atoms with Crippen molar-refractivity contribution in [3.63, 3.8) is 0 Å². The number of nitrogens with one attached hydrogen (secondary N) is 1. The highest BCUT2D eigenvalue weighted by Crippen LogP contribution is 2.26. The lowest BCUT2D eigenvalue weighted by Gasteiger charge is -2.21. The highest BCUT2D eigenvalue weighted by Gasteiger charge is 2.30. The lowest BCUT2D eigenvalue weighted by Crippen LogP contribution is -2.39. The number of carboxylic acid groups (broad SMARTS) is 1. The van der Waals surface area contributed by atoms with E-state index >= 15 is 0 Å². The predicted octanol–water partition coefficient (Wildman–Crippen LogP) is 1.38. The number of aliphatic carboxylic acids is 1. The molecule has 7 nitrogen and oxygen atoms in total. The molecule has 0 bridgehead atoms. The Labute approximate surface area is 141 Å². The fourth-order valence-electron chi connectivity index (χ4n) is 2.46. The van der Waals surface area contributed by atoms with Gasteiger partial charge in [-0.25, -0.2) is 8.42 Å². The average molecular weight is 354 g/mol. The van der Waals surface area contributed by atoms with Gasteiger partial charge in [0.25, 0.3) is 5.91 Å². The van der Waals surface area contributed by atoms with Crippen LogP contribution in [0, 0.1) is 12.3 Å². The van der Waals surface area contributed by atoms with Crippen molar-refractivity contribution in [2.24, 2.45) is 5.41 Å². The fraction of sp³-hybridized carbons (Fsp3) is 0.500. The molecule has 1 aliphatic rings. The number of anilines is 1. The second kappa shape index (κ2) is 6.43. The molecule has 8 heteroatoms. The van der Waals surface area contributed by atoms with Gasteiger partial charge in [0.2, 0.25) is 10.0 Å². The van der Waals surface area contributed by atoms with Crippen LogP contribution in [0.4, 0.5) is 5.69 Å². The second-order valence-corrected chi connectivity index (χ2v) is 8.63. The molecule has 2 N–H and O–H groups in total. The summed E-state index contributed by atoms with van der Waals surface area (Å²) < 4.78 is 25.3. The molecule has 1 heterocycles. The SMILES string of the molecule is Cc1cc(N2CCCS2(=O)=O)ccc1C(=O)NCC(C)(C)C(=O)O. The molecule has 24 heavy (non-hydrogen) atoms. The van der Waals surface area contributed by atoms with E-state index in [-0.39, 0.29) is 18.2 Å². The van der Waals surface area contributed by atoms with E-state index in [0.717, 1.165) is 0 Å². The summed E-state index contributed by atoms with van der Waals surface area (Å²) in [4.78, 5) is 23.3. The number of sulfonamides is 1. The van der Waals surface area contributed by atoms with Crippen LogP contribution >= 0.6 is 0 Å². The minimum Gasteiger partial charge on any atom is -0.481 e. The Bertz CT molecular complexity index is 771. The summed E-state index contributed by atoms with van der Waals surface area (Å²) in [6, 6.07) is 4.84. The number of carbonyl (C=O) groups excluding carboxylic acids is 1. The van der Waals surface area contributed by atoms with Crippen molar-refractivity contribution in [2.45, 2.75) is 27.2 Å². The Kier molecular flexibility index (Phi) is 4.89. The van der Waals surface area contributed by atoms with Crippen molar-refractivity contribution >= 4 is 27.6 Å². The van der Waals surface area contributed by atoms with Crippen LogP contribution in [0.15, 0.2) is 18.2 Å². The number of aryl methyl sites for hydroxylation is 1. The van der Waals surface area contributed by atoms with Gasteiger partial charge in [-0.05, 0) is 51.0 Å². The summed E-state index contributed by atoms with van der Waals surface area (Å²) in [5.74, 6) is -1.23. The van der Waals surface area contributed by atoms with Gasteiger partial charge < -0.3 is 10.4 Å². The minimum absolute atomic E-state index is 0.00284. The van der Waals surface area contributed by atoms with E-state index in [9.17, 15) is 18.0 Å². The van der Waals surface area contributed by atoms with Crippen LogP contribution < -0.4 is 9.62 Å². The normalized spacial score (nSPS) is 16.9. The zero-order chi connectivity index (χ0) is 18.1. The van der Waals surface area contributed by atoms with E-state index in [1.165, 1.54) is 18.2 Å². The van der Waals surface area contributed by atoms with Crippen LogP contribution in [0.2, 0.25) is 0 Å². The summed E-state index contributed by atoms with van der Waals surface area (Å²) >= 11 is 0. The smallest absolute Gasteiger partial charge is 0.310 e. The zero-order valence-corrected chi connectivity index (χ0v) is 14.8. The minimum atomic E-state index is -3.26. The van der Waals surface area contributed by atoms with E-state index in [0.29, 0.717) is 29.8 Å². The van der Waals surface area contributed by atoms with E-state index in [2.05, 4.69) is 5.32 Å². The first-order valence-electron chi connectivity index (χ1n) is 7.67. The van der Waals surface area contributed by atoms with Crippen molar-refractivity contribution in [1.82, 2.24) is 5.32 Å². The van der Waals surface area contributed by atoms with E-state index < -0.39 is 21.4 Å². The third-order valence-corrected chi connectivity index (χ3v) is 5.98. The summed E-state index contributed by atoms with van der Waals surface area (Å²) in [5, 5.41) is 11.7. The van der Waals surface area contributed by atoms with Crippen LogP contribution in [0.1, 0.15) is 36.2 Å². The summed E-state index contributed by atoms with van der Waals surface area (Å²) in [7, 11) is -3.26. The fourth-order valence-corrected chi connectivity index (χ4v) is 4.02. The molecule has 1 amide bonds. The Morgan fingerprint density at radius 3 is 2.50 bits per heavy atom. The first-order chi connectivity index (χ1) is 11.0. The highest BCUT2D eigenvalue weighted by atomic mass is 32.2. The summed E-state index contributed by atoms with van der Waals surface area (Å²) in [6.45, 7) is 5.24. The highest BCUT2D eigenvalue weighted by molar-refractivity contribution is 7.93. The Morgan fingerprint density at radius 1 is 1.33 bits per heavy atom. The van der Waals surface area contributed by atoms with Gasteiger partial charge in [-0.1, -0.05) is 0 Å². The van der Waals surface area contributed by atoms with Crippen LogP contribution in [0.3, 0.4) is 0 Å². The molecule has 1 aliphatic heterocycles. The summed E-state index contributed by atoms with van der Waals surface area (Å²) in [6.07, 6.45) is 0.591.